The molecular formula is C8H20Br2O7P2. The Hall–Kier alpha value is 1.22. The quantitative estimate of drug-likeness (QED) is 0.411. The van der Waals surface area contributed by atoms with E-state index in [1.165, 1.54) is 0 Å². The van der Waals surface area contributed by atoms with E-state index < -0.39 is 15.4 Å². The predicted molar refractivity (Wildman–Crippen MR) is 81.3 cm³/mol. The predicted octanol–water partition coefficient (Wildman–Crippen LogP) is 3.14. The average molecular weight is 450 g/mol. The molecule has 0 aromatic heterocycles. The highest BCUT2D eigenvalue weighted by Gasteiger charge is 2.24. The molecule has 0 radical (unpaired) electrons. The van der Waals surface area contributed by atoms with E-state index in [9.17, 15) is 9.13 Å². The summed E-state index contributed by atoms with van der Waals surface area (Å²) in [5.41, 5.74) is 0. The Kier molecular flexibility index (Phi) is 15.3. The van der Waals surface area contributed by atoms with Crippen molar-refractivity contribution >= 4 is 47.3 Å². The van der Waals surface area contributed by atoms with Crippen molar-refractivity contribution < 1.29 is 32.5 Å². The van der Waals surface area contributed by atoms with E-state index in [-0.39, 0.29) is 6.16 Å². The Morgan fingerprint density at radius 3 is 1.63 bits per heavy atom. The van der Waals surface area contributed by atoms with Crippen molar-refractivity contribution in [1.82, 2.24) is 0 Å². The standard InChI is InChI=1S/C6H14BrO4P.C2H6BrO3P/c1-3-9-12(8,10-4-2)11-6-5-7;3-1-2-7(4,5)6/h3-6H2,1-2H3;1-2H2,(H2,4,5,6). The number of hydrogen-bond acceptors (Lipinski definition) is 5. The summed E-state index contributed by atoms with van der Waals surface area (Å²) >= 11 is 6.04. The molecule has 0 atom stereocenters. The van der Waals surface area contributed by atoms with Crippen molar-refractivity contribution in [3.63, 3.8) is 0 Å². The van der Waals surface area contributed by atoms with Crippen LogP contribution in [0.1, 0.15) is 13.8 Å². The summed E-state index contributed by atoms with van der Waals surface area (Å²) in [4.78, 5) is 16.2. The van der Waals surface area contributed by atoms with Gasteiger partial charge >= 0.3 is 15.4 Å². The molecule has 0 fully saturated rings. The number of alkyl halides is 2. The summed E-state index contributed by atoms with van der Waals surface area (Å²) in [5.74, 6) is 0. The van der Waals surface area contributed by atoms with E-state index in [0.717, 1.165) is 0 Å². The minimum Gasteiger partial charge on any atom is -0.324 e. The lowest BCUT2D eigenvalue weighted by molar-refractivity contribution is 0.127. The highest BCUT2D eigenvalue weighted by atomic mass is 79.9. The molecule has 19 heavy (non-hydrogen) atoms. The van der Waals surface area contributed by atoms with Gasteiger partial charge in [-0.15, -0.1) is 0 Å². The van der Waals surface area contributed by atoms with Crippen LogP contribution < -0.4 is 0 Å². The van der Waals surface area contributed by atoms with Crippen LogP contribution in [0.25, 0.3) is 0 Å². The lowest BCUT2D eigenvalue weighted by atomic mass is 10.9. The molecule has 7 nitrogen and oxygen atoms in total. The summed E-state index contributed by atoms with van der Waals surface area (Å²) < 4.78 is 36.0. The van der Waals surface area contributed by atoms with Crippen LogP contribution in [0.4, 0.5) is 0 Å². The molecule has 0 aliphatic carbocycles. The third-order valence-corrected chi connectivity index (χ3v) is 5.06. The maximum absolute atomic E-state index is 11.5. The molecule has 0 saturated heterocycles. The van der Waals surface area contributed by atoms with Crippen molar-refractivity contribution in [2.45, 2.75) is 13.8 Å². The molecule has 0 spiro atoms. The molecule has 0 bridgehead atoms. The van der Waals surface area contributed by atoms with Gasteiger partial charge in [-0.2, -0.15) is 0 Å². The SMILES string of the molecule is CCOP(=O)(OCC)OCCBr.O=P(O)(O)CCBr. The Morgan fingerprint density at radius 1 is 0.947 bits per heavy atom. The van der Waals surface area contributed by atoms with Crippen molar-refractivity contribution in [3.8, 4) is 0 Å². The molecule has 118 valence electrons. The smallest absolute Gasteiger partial charge is 0.324 e. The second-order valence-electron chi connectivity index (χ2n) is 2.88. The number of phosphoric ester groups is 1. The zero-order valence-corrected chi connectivity index (χ0v) is 15.8. The largest absolute Gasteiger partial charge is 0.474 e. The first kappa shape index (κ1) is 22.5. The minimum atomic E-state index is -3.71. The fourth-order valence-corrected chi connectivity index (χ4v) is 3.87. The van der Waals surface area contributed by atoms with E-state index in [1.807, 2.05) is 0 Å². The van der Waals surface area contributed by atoms with Gasteiger partial charge in [-0.05, 0) is 13.8 Å². The van der Waals surface area contributed by atoms with Crippen molar-refractivity contribution in [2.75, 3.05) is 36.6 Å². The molecule has 0 aromatic rings. The summed E-state index contributed by atoms with van der Waals surface area (Å²) in [7, 11) is -6.98. The van der Waals surface area contributed by atoms with Gasteiger partial charge in [0, 0.05) is 10.7 Å². The molecular weight excluding hydrogens is 430 g/mol. The van der Waals surface area contributed by atoms with Crippen molar-refractivity contribution in [2.24, 2.45) is 0 Å². The number of halogens is 2. The Bertz CT molecular complexity index is 287. The molecule has 0 heterocycles. The lowest BCUT2D eigenvalue weighted by Crippen LogP contribution is -2.01. The van der Waals surface area contributed by atoms with E-state index >= 15 is 0 Å². The normalized spacial score (nSPS) is 11.9. The van der Waals surface area contributed by atoms with Gasteiger partial charge in [-0.3, -0.25) is 18.1 Å². The van der Waals surface area contributed by atoms with Gasteiger partial charge < -0.3 is 9.79 Å². The third kappa shape index (κ3) is 17.2. The monoisotopic (exact) mass is 448 g/mol. The fourth-order valence-electron chi connectivity index (χ4n) is 0.684. The maximum atomic E-state index is 11.5. The molecule has 0 saturated carbocycles. The highest BCUT2D eigenvalue weighted by Crippen LogP contribution is 2.48. The van der Waals surface area contributed by atoms with Crippen LogP contribution in [0.5, 0.6) is 0 Å². The summed E-state index contributed by atoms with van der Waals surface area (Å²) in [6.07, 6.45) is -0.0764. The Labute approximate surface area is 130 Å². The molecule has 0 aliphatic heterocycles. The van der Waals surface area contributed by atoms with Crippen molar-refractivity contribution in [3.05, 3.63) is 0 Å². The summed E-state index contributed by atoms with van der Waals surface area (Å²) in [5, 5.41) is 0.967. The first-order chi connectivity index (χ1) is 8.74. The van der Waals surface area contributed by atoms with Crippen LogP contribution in [0, 0.1) is 0 Å². The van der Waals surface area contributed by atoms with Gasteiger partial charge in [0.15, 0.2) is 0 Å². The molecule has 11 heteroatoms. The first-order valence-corrected chi connectivity index (χ1v) is 10.9. The first-order valence-electron chi connectivity index (χ1n) is 5.44. The molecule has 0 aliphatic rings. The zero-order valence-electron chi connectivity index (χ0n) is 10.8. The van der Waals surface area contributed by atoms with Gasteiger partial charge in [0.05, 0.1) is 26.0 Å². The second-order valence-corrected chi connectivity index (χ2v) is 7.91. The third-order valence-electron chi connectivity index (χ3n) is 1.28. The lowest BCUT2D eigenvalue weighted by Gasteiger charge is -2.15. The van der Waals surface area contributed by atoms with Crippen LogP contribution in [-0.2, 0) is 22.7 Å². The van der Waals surface area contributed by atoms with E-state index in [1.54, 1.807) is 13.8 Å². The Morgan fingerprint density at radius 2 is 1.42 bits per heavy atom. The van der Waals surface area contributed by atoms with E-state index in [2.05, 4.69) is 31.9 Å². The van der Waals surface area contributed by atoms with E-state index in [0.29, 0.717) is 30.5 Å². The molecule has 2 N–H and O–H groups in total. The van der Waals surface area contributed by atoms with Gasteiger partial charge in [-0.1, -0.05) is 31.9 Å². The second kappa shape index (κ2) is 12.9. The van der Waals surface area contributed by atoms with Crippen LogP contribution in [-0.4, -0.2) is 46.4 Å². The zero-order chi connectivity index (χ0) is 15.4. The van der Waals surface area contributed by atoms with Crippen molar-refractivity contribution in [1.29, 1.82) is 0 Å². The molecule has 0 aromatic carbocycles. The average Bonchev–Trinajstić information content (AvgIpc) is 2.26. The van der Waals surface area contributed by atoms with Gasteiger partial charge in [0.1, 0.15) is 0 Å². The van der Waals surface area contributed by atoms with E-state index in [4.69, 9.17) is 23.4 Å². The summed E-state index contributed by atoms with van der Waals surface area (Å²) in [6, 6.07) is 0. The minimum absolute atomic E-state index is 0.0764. The molecule has 0 amide bonds. The number of rotatable bonds is 9. The Balaban J connectivity index is 0. The molecule has 0 rings (SSSR count). The van der Waals surface area contributed by atoms with Crippen LogP contribution >= 0.6 is 47.3 Å². The van der Waals surface area contributed by atoms with Crippen LogP contribution in [0.3, 0.4) is 0 Å². The highest BCUT2D eigenvalue weighted by molar-refractivity contribution is 9.09. The van der Waals surface area contributed by atoms with Gasteiger partial charge in [-0.25, -0.2) is 4.57 Å². The topological polar surface area (TPSA) is 102 Å². The number of hydrogen-bond donors (Lipinski definition) is 2. The fraction of sp³-hybridized carbons (Fsp3) is 1.00. The number of phosphoric acid groups is 1. The summed E-state index contributed by atoms with van der Waals surface area (Å²) in [6.45, 7) is 4.43. The van der Waals surface area contributed by atoms with Gasteiger partial charge in [0.25, 0.3) is 0 Å². The van der Waals surface area contributed by atoms with Gasteiger partial charge in [0.2, 0.25) is 0 Å². The molecule has 0 unspecified atom stereocenters. The van der Waals surface area contributed by atoms with Crippen LogP contribution in [0.2, 0.25) is 0 Å². The maximum Gasteiger partial charge on any atom is 0.474 e. The van der Waals surface area contributed by atoms with Crippen LogP contribution in [0.15, 0.2) is 0 Å².